The Hall–Kier alpha value is -1.55. The minimum atomic E-state index is 0.135. The zero-order valence-electron chi connectivity index (χ0n) is 12.3. The van der Waals surface area contributed by atoms with Crippen molar-refractivity contribution >= 4 is 5.91 Å². The molecule has 0 radical (unpaired) electrons. The van der Waals surface area contributed by atoms with E-state index in [1.807, 2.05) is 26.0 Å². The monoisotopic (exact) mass is 264 g/mol. The number of hydrogen-bond donors (Lipinski definition) is 1. The molecular weight excluding hydrogens is 240 g/mol. The average molecular weight is 264 g/mol. The summed E-state index contributed by atoms with van der Waals surface area (Å²) in [5.41, 5.74) is 8.95. The molecule has 19 heavy (non-hydrogen) atoms. The van der Waals surface area contributed by atoms with Crippen LogP contribution in [0.1, 0.15) is 29.5 Å². The second kappa shape index (κ2) is 7.14. The van der Waals surface area contributed by atoms with E-state index in [4.69, 9.17) is 10.5 Å². The Bertz CT molecular complexity index is 419. The van der Waals surface area contributed by atoms with Gasteiger partial charge in [-0.1, -0.05) is 12.1 Å². The van der Waals surface area contributed by atoms with E-state index in [-0.39, 0.29) is 5.91 Å². The summed E-state index contributed by atoms with van der Waals surface area (Å²) in [6.07, 6.45) is 1.25. The predicted octanol–water partition coefficient (Wildman–Crippen LogP) is 2.01. The highest BCUT2D eigenvalue weighted by molar-refractivity contribution is 5.75. The van der Waals surface area contributed by atoms with Crippen LogP contribution in [0.25, 0.3) is 0 Å². The van der Waals surface area contributed by atoms with Crippen LogP contribution in [0.5, 0.6) is 5.75 Å². The summed E-state index contributed by atoms with van der Waals surface area (Å²) >= 11 is 0. The number of rotatable bonds is 6. The largest absolute Gasteiger partial charge is 0.493 e. The van der Waals surface area contributed by atoms with Crippen molar-refractivity contribution in [3.8, 4) is 5.75 Å². The molecule has 0 aliphatic rings. The van der Waals surface area contributed by atoms with Gasteiger partial charge >= 0.3 is 0 Å². The number of benzene rings is 1. The summed E-state index contributed by atoms with van der Waals surface area (Å²) in [7, 11) is 3.53. The van der Waals surface area contributed by atoms with Crippen molar-refractivity contribution in [3.05, 3.63) is 28.8 Å². The van der Waals surface area contributed by atoms with Crippen LogP contribution in [0.3, 0.4) is 0 Å². The molecular formula is C15H24N2O2. The van der Waals surface area contributed by atoms with E-state index in [1.54, 1.807) is 19.0 Å². The Kier molecular flexibility index (Phi) is 5.83. The molecule has 0 atom stereocenters. The normalized spacial score (nSPS) is 10.4. The lowest BCUT2D eigenvalue weighted by Crippen LogP contribution is -2.21. The average Bonchev–Trinajstić information content (AvgIpc) is 2.36. The van der Waals surface area contributed by atoms with Gasteiger partial charge in [0.1, 0.15) is 5.75 Å². The summed E-state index contributed by atoms with van der Waals surface area (Å²) in [4.78, 5) is 13.0. The molecule has 0 heterocycles. The zero-order valence-corrected chi connectivity index (χ0v) is 12.3. The number of amides is 1. The number of nitrogens with two attached hydrogens (primary N) is 1. The third kappa shape index (κ3) is 4.56. The van der Waals surface area contributed by atoms with Gasteiger partial charge in [-0.15, -0.1) is 0 Å². The minimum absolute atomic E-state index is 0.135. The molecule has 1 aromatic carbocycles. The van der Waals surface area contributed by atoms with Crippen LogP contribution < -0.4 is 10.5 Å². The first kappa shape index (κ1) is 15.5. The first-order valence-corrected chi connectivity index (χ1v) is 6.59. The molecule has 1 amide bonds. The smallest absolute Gasteiger partial charge is 0.222 e. The second-order valence-corrected chi connectivity index (χ2v) is 5.00. The molecule has 0 fully saturated rings. The summed E-state index contributed by atoms with van der Waals surface area (Å²) in [5.74, 6) is 1.05. The standard InChI is InChI=1S/C15H24N2O2/c1-11-8-13(10-16)9-12(2)15(11)19-7-5-6-14(18)17(3)4/h8-9H,5-7,10,16H2,1-4H3. The Labute approximate surface area is 115 Å². The highest BCUT2D eigenvalue weighted by atomic mass is 16.5. The van der Waals surface area contributed by atoms with E-state index < -0.39 is 0 Å². The van der Waals surface area contributed by atoms with Gasteiger partial charge in [0.05, 0.1) is 6.61 Å². The van der Waals surface area contributed by atoms with Crippen LogP contribution in [0.2, 0.25) is 0 Å². The fraction of sp³-hybridized carbons (Fsp3) is 0.533. The molecule has 0 saturated heterocycles. The van der Waals surface area contributed by atoms with Crippen molar-refractivity contribution in [2.45, 2.75) is 33.2 Å². The van der Waals surface area contributed by atoms with Crippen molar-refractivity contribution in [2.24, 2.45) is 5.73 Å². The van der Waals surface area contributed by atoms with Gasteiger partial charge in [0, 0.05) is 27.1 Å². The molecule has 4 heteroatoms. The summed E-state index contributed by atoms with van der Waals surface area (Å²) in [6, 6.07) is 4.10. The van der Waals surface area contributed by atoms with Crippen molar-refractivity contribution in [3.63, 3.8) is 0 Å². The number of carbonyl (C=O) groups is 1. The SMILES string of the molecule is Cc1cc(CN)cc(C)c1OCCCC(=O)N(C)C. The summed E-state index contributed by atoms with van der Waals surface area (Å²) < 4.78 is 5.79. The molecule has 0 aromatic heterocycles. The van der Waals surface area contributed by atoms with E-state index in [9.17, 15) is 4.79 Å². The maximum atomic E-state index is 11.4. The van der Waals surface area contributed by atoms with E-state index in [0.29, 0.717) is 19.6 Å². The van der Waals surface area contributed by atoms with E-state index in [2.05, 4.69) is 0 Å². The highest BCUT2D eigenvalue weighted by Crippen LogP contribution is 2.24. The quantitative estimate of drug-likeness (QED) is 0.800. The lowest BCUT2D eigenvalue weighted by molar-refractivity contribution is -0.128. The number of nitrogens with zero attached hydrogens (tertiary/aromatic N) is 1. The van der Waals surface area contributed by atoms with Crippen LogP contribution in [0.15, 0.2) is 12.1 Å². The number of carbonyl (C=O) groups excluding carboxylic acids is 1. The van der Waals surface area contributed by atoms with Gasteiger partial charge in [0.25, 0.3) is 0 Å². The Morgan fingerprint density at radius 2 is 1.84 bits per heavy atom. The molecule has 1 rings (SSSR count). The Morgan fingerprint density at radius 1 is 1.26 bits per heavy atom. The van der Waals surface area contributed by atoms with Crippen LogP contribution in [0.4, 0.5) is 0 Å². The Balaban J connectivity index is 2.52. The molecule has 0 bridgehead atoms. The van der Waals surface area contributed by atoms with E-state index in [1.165, 1.54) is 0 Å². The maximum Gasteiger partial charge on any atom is 0.222 e. The number of aryl methyl sites for hydroxylation is 2. The van der Waals surface area contributed by atoms with Gasteiger partial charge in [-0.25, -0.2) is 0 Å². The van der Waals surface area contributed by atoms with E-state index in [0.717, 1.165) is 28.9 Å². The number of hydrogen-bond acceptors (Lipinski definition) is 3. The molecule has 1 aromatic rings. The molecule has 0 spiro atoms. The van der Waals surface area contributed by atoms with Crippen molar-refractivity contribution in [2.75, 3.05) is 20.7 Å². The zero-order chi connectivity index (χ0) is 14.4. The molecule has 2 N–H and O–H groups in total. The van der Waals surface area contributed by atoms with Gasteiger partial charge in [0.15, 0.2) is 0 Å². The number of ether oxygens (including phenoxy) is 1. The first-order valence-electron chi connectivity index (χ1n) is 6.59. The van der Waals surface area contributed by atoms with Crippen LogP contribution >= 0.6 is 0 Å². The second-order valence-electron chi connectivity index (χ2n) is 5.00. The third-order valence-corrected chi connectivity index (χ3v) is 3.04. The third-order valence-electron chi connectivity index (χ3n) is 3.04. The fourth-order valence-electron chi connectivity index (χ4n) is 2.01. The molecule has 0 saturated carbocycles. The minimum Gasteiger partial charge on any atom is -0.493 e. The summed E-state index contributed by atoms with van der Waals surface area (Å²) in [6.45, 7) is 5.14. The van der Waals surface area contributed by atoms with Gasteiger partial charge < -0.3 is 15.4 Å². The first-order chi connectivity index (χ1) is 8.95. The fourth-order valence-corrected chi connectivity index (χ4v) is 2.01. The highest BCUT2D eigenvalue weighted by Gasteiger charge is 2.07. The van der Waals surface area contributed by atoms with E-state index >= 15 is 0 Å². The molecule has 0 aliphatic heterocycles. The summed E-state index contributed by atoms with van der Waals surface area (Å²) in [5, 5.41) is 0. The van der Waals surface area contributed by atoms with Gasteiger partial charge in [0.2, 0.25) is 5.91 Å². The van der Waals surface area contributed by atoms with Gasteiger partial charge in [-0.3, -0.25) is 4.79 Å². The Morgan fingerprint density at radius 3 is 2.32 bits per heavy atom. The van der Waals surface area contributed by atoms with Crippen molar-refractivity contribution in [1.82, 2.24) is 4.90 Å². The molecule has 4 nitrogen and oxygen atoms in total. The predicted molar refractivity (Wildman–Crippen MR) is 77.2 cm³/mol. The van der Waals surface area contributed by atoms with Crippen LogP contribution in [-0.4, -0.2) is 31.5 Å². The van der Waals surface area contributed by atoms with Crippen LogP contribution in [-0.2, 0) is 11.3 Å². The van der Waals surface area contributed by atoms with Crippen LogP contribution in [0, 0.1) is 13.8 Å². The maximum absolute atomic E-state index is 11.4. The van der Waals surface area contributed by atoms with Gasteiger partial charge in [-0.2, -0.15) is 0 Å². The topological polar surface area (TPSA) is 55.6 Å². The lowest BCUT2D eigenvalue weighted by Gasteiger charge is -2.14. The molecule has 0 aliphatic carbocycles. The van der Waals surface area contributed by atoms with Crippen molar-refractivity contribution in [1.29, 1.82) is 0 Å². The van der Waals surface area contributed by atoms with Crippen molar-refractivity contribution < 1.29 is 9.53 Å². The lowest BCUT2D eigenvalue weighted by atomic mass is 10.1. The molecule has 0 unspecified atom stereocenters. The molecule has 106 valence electrons. The van der Waals surface area contributed by atoms with Gasteiger partial charge in [-0.05, 0) is 37.0 Å².